The van der Waals surface area contributed by atoms with Gasteiger partial charge in [0.1, 0.15) is 35.3 Å². The van der Waals surface area contributed by atoms with Crippen LogP contribution in [0.5, 0.6) is 5.75 Å². The summed E-state index contributed by atoms with van der Waals surface area (Å²) in [5.41, 5.74) is -1.48. The Morgan fingerprint density at radius 2 is 1.74 bits per heavy atom. The van der Waals surface area contributed by atoms with Crippen molar-refractivity contribution in [1.29, 1.82) is 0 Å². The molecule has 1 aromatic heterocycles. The number of nitrogens with one attached hydrogen (secondary N) is 1. The number of methoxy groups -OCH3 is 1. The maximum absolute atomic E-state index is 12.6. The van der Waals surface area contributed by atoms with E-state index in [-0.39, 0.29) is 21.9 Å². The van der Waals surface area contributed by atoms with Gasteiger partial charge in [0.05, 0.1) is 10.5 Å². The molecule has 0 aliphatic carbocycles. The van der Waals surface area contributed by atoms with Crippen LogP contribution in [0.3, 0.4) is 0 Å². The molecule has 0 saturated carbocycles. The summed E-state index contributed by atoms with van der Waals surface area (Å²) in [6.45, 7) is 5.05. The van der Waals surface area contributed by atoms with Gasteiger partial charge in [-0.1, -0.05) is 18.2 Å². The SMILES string of the molecule is CO[C@@H]1[C@H](O)C(O)[C@H](Oc2ccc3cc(NS(=O)(=O)c4ccccc4)c(=O)oc3c2C)OC1(C)C. The largest absolute Gasteiger partial charge is 0.462 e. The van der Waals surface area contributed by atoms with E-state index in [9.17, 15) is 23.4 Å². The van der Waals surface area contributed by atoms with Crippen LogP contribution in [0.1, 0.15) is 19.4 Å². The van der Waals surface area contributed by atoms with Crippen LogP contribution in [0.2, 0.25) is 0 Å². The Balaban J connectivity index is 1.63. The Bertz CT molecular complexity index is 1390. The third kappa shape index (κ3) is 4.78. The lowest BCUT2D eigenvalue weighted by Gasteiger charge is -2.46. The fourth-order valence-corrected chi connectivity index (χ4v) is 5.20. The van der Waals surface area contributed by atoms with Crippen molar-refractivity contribution in [1.82, 2.24) is 0 Å². The Morgan fingerprint density at radius 3 is 2.40 bits per heavy atom. The molecule has 11 heteroatoms. The van der Waals surface area contributed by atoms with E-state index >= 15 is 0 Å². The molecule has 0 radical (unpaired) electrons. The molecule has 1 saturated heterocycles. The van der Waals surface area contributed by atoms with Crippen LogP contribution in [0.15, 0.2) is 62.6 Å². The molecular formula is C24H27NO9S. The zero-order chi connectivity index (χ0) is 25.5. The van der Waals surface area contributed by atoms with Gasteiger partial charge in [0.25, 0.3) is 10.0 Å². The lowest BCUT2D eigenvalue weighted by atomic mass is 9.89. The first-order valence-electron chi connectivity index (χ1n) is 10.8. The normalized spacial score (nSPS) is 24.3. The van der Waals surface area contributed by atoms with Gasteiger partial charge in [-0.05, 0) is 51.1 Å². The highest BCUT2D eigenvalue weighted by atomic mass is 32.2. The van der Waals surface area contributed by atoms with Gasteiger partial charge in [-0.25, -0.2) is 13.2 Å². The molecule has 4 atom stereocenters. The molecular weight excluding hydrogens is 478 g/mol. The lowest BCUT2D eigenvalue weighted by Crippen LogP contribution is -2.63. The van der Waals surface area contributed by atoms with Gasteiger partial charge in [-0.3, -0.25) is 4.72 Å². The van der Waals surface area contributed by atoms with Gasteiger partial charge in [-0.15, -0.1) is 0 Å². The zero-order valence-corrected chi connectivity index (χ0v) is 20.4. The number of aliphatic hydroxyl groups excluding tert-OH is 2. The number of ether oxygens (including phenoxy) is 3. The summed E-state index contributed by atoms with van der Waals surface area (Å²) < 4.78 is 49.9. The molecule has 1 unspecified atom stereocenters. The second kappa shape index (κ2) is 9.25. The first-order chi connectivity index (χ1) is 16.4. The van der Waals surface area contributed by atoms with Gasteiger partial charge >= 0.3 is 5.63 Å². The molecule has 0 bridgehead atoms. The molecule has 35 heavy (non-hydrogen) atoms. The molecule has 188 valence electrons. The highest BCUT2D eigenvalue weighted by Gasteiger charge is 2.50. The Hall–Kier alpha value is -2.96. The molecule has 3 aromatic rings. The predicted octanol–water partition coefficient (Wildman–Crippen LogP) is 2.15. The summed E-state index contributed by atoms with van der Waals surface area (Å²) >= 11 is 0. The van der Waals surface area contributed by atoms with Crippen LogP contribution < -0.4 is 15.1 Å². The number of aryl methyl sites for hydroxylation is 1. The number of sulfonamides is 1. The third-order valence-electron chi connectivity index (χ3n) is 5.94. The van der Waals surface area contributed by atoms with Crippen molar-refractivity contribution < 1.29 is 37.3 Å². The first kappa shape index (κ1) is 25.1. The number of aliphatic hydroxyl groups is 2. The summed E-state index contributed by atoms with van der Waals surface area (Å²) in [6.07, 6.45) is -4.64. The topological polar surface area (TPSA) is 145 Å². The third-order valence-corrected chi connectivity index (χ3v) is 7.32. The summed E-state index contributed by atoms with van der Waals surface area (Å²) in [5, 5.41) is 21.4. The van der Waals surface area contributed by atoms with E-state index in [1.807, 2.05) is 0 Å². The van der Waals surface area contributed by atoms with Crippen molar-refractivity contribution in [2.75, 3.05) is 11.8 Å². The van der Waals surface area contributed by atoms with Crippen molar-refractivity contribution in [2.45, 2.75) is 55.9 Å². The van der Waals surface area contributed by atoms with E-state index in [2.05, 4.69) is 4.72 Å². The monoisotopic (exact) mass is 505 g/mol. The molecule has 4 rings (SSSR count). The summed E-state index contributed by atoms with van der Waals surface area (Å²) in [6, 6.07) is 12.2. The van der Waals surface area contributed by atoms with E-state index in [0.717, 1.165) is 0 Å². The predicted molar refractivity (Wildman–Crippen MR) is 127 cm³/mol. The smallest absolute Gasteiger partial charge is 0.360 e. The summed E-state index contributed by atoms with van der Waals surface area (Å²) in [5.74, 6) is 0.251. The molecule has 2 heterocycles. The second-order valence-electron chi connectivity index (χ2n) is 8.82. The Kier molecular flexibility index (Phi) is 6.64. The van der Waals surface area contributed by atoms with Crippen molar-refractivity contribution in [3.8, 4) is 5.75 Å². The molecule has 10 nitrogen and oxygen atoms in total. The number of fused-ring (bicyclic) bond motifs is 1. The van der Waals surface area contributed by atoms with Crippen LogP contribution in [0.4, 0.5) is 5.69 Å². The minimum atomic E-state index is -3.98. The van der Waals surface area contributed by atoms with Gasteiger partial charge in [0.2, 0.25) is 6.29 Å². The minimum Gasteiger partial charge on any atom is -0.462 e. The van der Waals surface area contributed by atoms with E-state index in [1.54, 1.807) is 51.1 Å². The Morgan fingerprint density at radius 1 is 1.06 bits per heavy atom. The van der Waals surface area contributed by atoms with Crippen LogP contribution in [0, 0.1) is 6.92 Å². The van der Waals surface area contributed by atoms with Gasteiger partial charge in [0, 0.05) is 18.1 Å². The zero-order valence-electron chi connectivity index (χ0n) is 19.6. The second-order valence-corrected chi connectivity index (χ2v) is 10.5. The number of hydrogen-bond acceptors (Lipinski definition) is 9. The average Bonchev–Trinajstić information content (AvgIpc) is 2.80. The number of benzene rings is 2. The minimum absolute atomic E-state index is 0.00582. The summed E-state index contributed by atoms with van der Waals surface area (Å²) in [4.78, 5) is 12.6. The van der Waals surface area contributed by atoms with Gasteiger partial charge in [0.15, 0.2) is 0 Å². The van der Waals surface area contributed by atoms with Crippen molar-refractivity contribution in [3.05, 3.63) is 64.5 Å². The fraction of sp³-hybridized carbons (Fsp3) is 0.375. The molecule has 1 fully saturated rings. The Labute approximate surface area is 202 Å². The average molecular weight is 506 g/mol. The van der Waals surface area contributed by atoms with E-state index in [0.29, 0.717) is 10.9 Å². The van der Waals surface area contributed by atoms with Crippen molar-refractivity contribution in [3.63, 3.8) is 0 Å². The van der Waals surface area contributed by atoms with Crippen molar-refractivity contribution in [2.24, 2.45) is 0 Å². The van der Waals surface area contributed by atoms with Crippen LogP contribution in [-0.4, -0.2) is 55.9 Å². The number of anilines is 1. The lowest BCUT2D eigenvalue weighted by molar-refractivity contribution is -0.306. The standard InChI is InChI=1S/C24H27NO9S/c1-13-17(32-23-19(27)18(26)21(31-4)24(2,3)34-23)11-10-14-12-16(22(28)33-20(13)14)25-35(29,30)15-8-6-5-7-9-15/h5-12,18-19,21,23,25-27H,1-4H3/t18-,19?,21-,23-/m1/s1. The fourth-order valence-electron chi connectivity index (χ4n) is 4.14. The first-order valence-corrected chi connectivity index (χ1v) is 12.3. The number of hydrogen-bond donors (Lipinski definition) is 3. The highest BCUT2D eigenvalue weighted by Crippen LogP contribution is 2.35. The van der Waals surface area contributed by atoms with Crippen LogP contribution in [0.25, 0.3) is 11.0 Å². The van der Waals surface area contributed by atoms with E-state index in [1.165, 1.54) is 25.3 Å². The van der Waals surface area contributed by atoms with E-state index in [4.69, 9.17) is 18.6 Å². The highest BCUT2D eigenvalue weighted by molar-refractivity contribution is 7.92. The molecule has 3 N–H and O–H groups in total. The van der Waals surface area contributed by atoms with Gasteiger partial charge in [-0.2, -0.15) is 0 Å². The van der Waals surface area contributed by atoms with Crippen molar-refractivity contribution >= 4 is 26.7 Å². The van der Waals surface area contributed by atoms with Gasteiger partial charge < -0.3 is 28.8 Å². The molecule has 0 amide bonds. The number of rotatable bonds is 6. The maximum Gasteiger partial charge on any atom is 0.360 e. The molecule has 0 spiro atoms. The quantitative estimate of drug-likeness (QED) is 0.429. The maximum atomic E-state index is 12.6. The molecule has 1 aliphatic rings. The summed E-state index contributed by atoms with van der Waals surface area (Å²) in [7, 11) is -2.57. The molecule has 1 aliphatic heterocycles. The van der Waals surface area contributed by atoms with Crippen LogP contribution in [-0.2, 0) is 19.5 Å². The van der Waals surface area contributed by atoms with Crippen LogP contribution >= 0.6 is 0 Å². The van der Waals surface area contributed by atoms with E-state index < -0.39 is 45.9 Å². The molecule has 2 aromatic carbocycles.